The van der Waals surface area contributed by atoms with Crippen LogP contribution in [0.4, 0.5) is 0 Å². The number of thioether (sulfide) groups is 1. The Morgan fingerprint density at radius 2 is 2.16 bits per heavy atom. The minimum atomic E-state index is -0.269. The summed E-state index contributed by atoms with van der Waals surface area (Å²) in [5.74, 6) is 6.32. The predicted octanol–water partition coefficient (Wildman–Crippen LogP) is 2.97. The van der Waals surface area contributed by atoms with Gasteiger partial charge in [0.15, 0.2) is 5.82 Å². The average Bonchev–Trinajstić information content (AvgIpc) is 2.74. The first-order chi connectivity index (χ1) is 9.02. The minimum Gasteiger partial charge on any atom is -0.335 e. The van der Waals surface area contributed by atoms with Gasteiger partial charge in [0.2, 0.25) is 5.16 Å². The van der Waals surface area contributed by atoms with E-state index in [9.17, 15) is 0 Å². The highest BCUT2D eigenvalue weighted by atomic mass is 35.5. The van der Waals surface area contributed by atoms with Gasteiger partial charge in [-0.2, -0.15) is 5.26 Å². The molecule has 0 aliphatic carbocycles. The Labute approximate surface area is 124 Å². The largest absolute Gasteiger partial charge is 0.335 e. The predicted molar refractivity (Wildman–Crippen MR) is 76.6 cm³/mol. The summed E-state index contributed by atoms with van der Waals surface area (Å²) >= 11 is 13.2. The first kappa shape index (κ1) is 14.0. The molecule has 19 heavy (non-hydrogen) atoms. The van der Waals surface area contributed by atoms with E-state index in [-0.39, 0.29) is 5.25 Å². The summed E-state index contributed by atoms with van der Waals surface area (Å²) in [5, 5.41) is 17.9. The molecule has 2 aromatic rings. The lowest BCUT2D eigenvalue weighted by Crippen LogP contribution is -2.12. The van der Waals surface area contributed by atoms with Crippen molar-refractivity contribution in [1.82, 2.24) is 14.9 Å². The summed E-state index contributed by atoms with van der Waals surface area (Å²) in [6.07, 6.45) is 0. The Hall–Kier alpha value is -1.42. The lowest BCUT2D eigenvalue weighted by Gasteiger charge is -2.06. The topological polar surface area (TPSA) is 80.5 Å². The molecule has 2 rings (SSSR count). The number of nitriles is 1. The van der Waals surface area contributed by atoms with Gasteiger partial charge in [-0.15, -0.1) is 10.2 Å². The Balaban J connectivity index is 2.42. The van der Waals surface area contributed by atoms with E-state index in [1.54, 1.807) is 25.1 Å². The molecule has 0 radical (unpaired) electrons. The van der Waals surface area contributed by atoms with E-state index in [0.717, 1.165) is 0 Å². The molecule has 2 N–H and O–H groups in total. The van der Waals surface area contributed by atoms with Crippen molar-refractivity contribution >= 4 is 35.0 Å². The molecule has 0 fully saturated rings. The average molecular weight is 314 g/mol. The van der Waals surface area contributed by atoms with Crippen LogP contribution >= 0.6 is 35.0 Å². The third-order valence-corrected chi connectivity index (χ3v) is 3.81. The first-order valence-electron chi connectivity index (χ1n) is 5.25. The second kappa shape index (κ2) is 5.70. The molecular weight excluding hydrogens is 305 g/mol. The Kier molecular flexibility index (Phi) is 4.20. The third-order valence-electron chi connectivity index (χ3n) is 2.30. The SMILES string of the molecule is C[C@@H](C#N)Sc1nnc(-c2cc(Cl)ccc2Cl)n1N. The Morgan fingerprint density at radius 3 is 2.84 bits per heavy atom. The lowest BCUT2D eigenvalue weighted by molar-refractivity contribution is 0.848. The maximum atomic E-state index is 8.78. The van der Waals surface area contributed by atoms with Crippen LogP contribution in [0.25, 0.3) is 11.4 Å². The van der Waals surface area contributed by atoms with Crippen molar-refractivity contribution in [3.8, 4) is 17.5 Å². The van der Waals surface area contributed by atoms with E-state index in [2.05, 4.69) is 16.3 Å². The number of halogens is 2. The zero-order chi connectivity index (χ0) is 14.0. The number of aromatic nitrogens is 3. The molecule has 1 atom stereocenters. The number of hydrogen-bond donors (Lipinski definition) is 1. The number of hydrogen-bond acceptors (Lipinski definition) is 5. The molecule has 0 saturated carbocycles. The van der Waals surface area contributed by atoms with Crippen molar-refractivity contribution in [2.75, 3.05) is 5.84 Å². The summed E-state index contributed by atoms with van der Waals surface area (Å²) in [6.45, 7) is 1.76. The second-order valence-electron chi connectivity index (χ2n) is 3.69. The van der Waals surface area contributed by atoms with Crippen molar-refractivity contribution in [2.24, 2.45) is 0 Å². The van der Waals surface area contributed by atoms with Gasteiger partial charge in [-0.1, -0.05) is 35.0 Å². The van der Waals surface area contributed by atoms with Gasteiger partial charge in [-0.05, 0) is 25.1 Å². The highest BCUT2D eigenvalue weighted by molar-refractivity contribution is 8.00. The fraction of sp³-hybridized carbons (Fsp3) is 0.182. The van der Waals surface area contributed by atoms with Crippen molar-refractivity contribution in [1.29, 1.82) is 5.26 Å². The van der Waals surface area contributed by atoms with E-state index in [4.69, 9.17) is 34.3 Å². The zero-order valence-electron chi connectivity index (χ0n) is 9.84. The molecule has 1 heterocycles. The van der Waals surface area contributed by atoms with Gasteiger partial charge in [0.1, 0.15) is 0 Å². The fourth-order valence-corrected chi connectivity index (χ4v) is 2.43. The quantitative estimate of drug-likeness (QED) is 0.696. The lowest BCUT2D eigenvalue weighted by atomic mass is 10.2. The van der Waals surface area contributed by atoms with Crippen LogP contribution in [-0.4, -0.2) is 20.1 Å². The first-order valence-corrected chi connectivity index (χ1v) is 6.88. The van der Waals surface area contributed by atoms with Gasteiger partial charge in [-0.25, -0.2) is 4.68 Å². The monoisotopic (exact) mass is 313 g/mol. The molecular formula is C11H9Cl2N5S. The van der Waals surface area contributed by atoms with Crippen molar-refractivity contribution in [3.05, 3.63) is 28.2 Å². The van der Waals surface area contributed by atoms with Crippen molar-refractivity contribution in [2.45, 2.75) is 17.3 Å². The molecule has 0 saturated heterocycles. The van der Waals surface area contributed by atoms with Crippen LogP contribution in [0.15, 0.2) is 23.4 Å². The molecule has 0 bridgehead atoms. The Bertz CT molecular complexity index is 649. The molecule has 1 aromatic heterocycles. The molecule has 0 aliphatic rings. The molecule has 0 spiro atoms. The van der Waals surface area contributed by atoms with Crippen LogP contribution in [0.5, 0.6) is 0 Å². The molecule has 1 aromatic carbocycles. The summed E-state index contributed by atoms with van der Waals surface area (Å²) < 4.78 is 1.30. The van der Waals surface area contributed by atoms with E-state index in [0.29, 0.717) is 26.6 Å². The van der Waals surface area contributed by atoms with E-state index < -0.39 is 0 Å². The molecule has 0 amide bonds. The van der Waals surface area contributed by atoms with Crippen LogP contribution < -0.4 is 5.84 Å². The van der Waals surface area contributed by atoms with Crippen LogP contribution in [0, 0.1) is 11.3 Å². The van der Waals surface area contributed by atoms with Crippen molar-refractivity contribution < 1.29 is 0 Å². The van der Waals surface area contributed by atoms with Gasteiger partial charge in [0, 0.05) is 10.6 Å². The summed E-state index contributed by atoms with van der Waals surface area (Å²) in [7, 11) is 0. The van der Waals surface area contributed by atoms with Crippen LogP contribution in [0.1, 0.15) is 6.92 Å². The second-order valence-corrected chi connectivity index (χ2v) is 5.84. The Morgan fingerprint density at radius 1 is 1.42 bits per heavy atom. The molecule has 98 valence electrons. The molecule has 5 nitrogen and oxygen atoms in total. The van der Waals surface area contributed by atoms with Gasteiger partial charge in [0.05, 0.1) is 16.3 Å². The molecule has 0 aliphatic heterocycles. The maximum Gasteiger partial charge on any atom is 0.211 e. The number of rotatable bonds is 3. The summed E-state index contributed by atoms with van der Waals surface area (Å²) in [5.41, 5.74) is 0.598. The van der Waals surface area contributed by atoms with E-state index in [1.165, 1.54) is 16.4 Å². The molecule has 0 unspecified atom stereocenters. The number of nitrogen functional groups attached to an aromatic ring is 1. The minimum absolute atomic E-state index is 0.269. The van der Waals surface area contributed by atoms with Gasteiger partial charge in [0.25, 0.3) is 0 Å². The standard InChI is InChI=1S/C11H9Cl2N5S/c1-6(5-14)19-11-17-16-10(18(11)15)8-4-7(12)2-3-9(8)13/h2-4,6H,15H2,1H3/t6-/m0/s1. The maximum absolute atomic E-state index is 8.78. The zero-order valence-corrected chi connectivity index (χ0v) is 12.2. The van der Waals surface area contributed by atoms with Gasteiger partial charge in [-0.3, -0.25) is 0 Å². The van der Waals surface area contributed by atoms with Crippen LogP contribution in [0.2, 0.25) is 10.0 Å². The highest BCUT2D eigenvalue weighted by Gasteiger charge is 2.17. The number of benzene rings is 1. The summed E-state index contributed by atoms with van der Waals surface area (Å²) in [4.78, 5) is 0. The number of nitrogens with zero attached hydrogens (tertiary/aromatic N) is 4. The molecule has 8 heteroatoms. The van der Waals surface area contributed by atoms with E-state index in [1.807, 2.05) is 0 Å². The summed E-state index contributed by atoms with van der Waals surface area (Å²) in [6, 6.07) is 7.10. The normalized spacial score (nSPS) is 12.1. The van der Waals surface area contributed by atoms with Crippen LogP contribution in [0.3, 0.4) is 0 Å². The van der Waals surface area contributed by atoms with E-state index >= 15 is 0 Å². The highest BCUT2D eigenvalue weighted by Crippen LogP contribution is 2.31. The smallest absolute Gasteiger partial charge is 0.211 e. The third kappa shape index (κ3) is 2.95. The van der Waals surface area contributed by atoms with Gasteiger partial charge >= 0.3 is 0 Å². The van der Waals surface area contributed by atoms with Crippen molar-refractivity contribution in [3.63, 3.8) is 0 Å². The fourth-order valence-electron chi connectivity index (χ4n) is 1.39. The number of nitrogens with two attached hydrogens (primary N) is 1. The van der Waals surface area contributed by atoms with Gasteiger partial charge < -0.3 is 5.84 Å². The van der Waals surface area contributed by atoms with Crippen LogP contribution in [-0.2, 0) is 0 Å².